The van der Waals surface area contributed by atoms with E-state index in [4.69, 9.17) is 0 Å². The van der Waals surface area contributed by atoms with Gasteiger partial charge in [-0.2, -0.15) is 0 Å². The van der Waals surface area contributed by atoms with Crippen LogP contribution in [0, 0.1) is 5.92 Å². The van der Waals surface area contributed by atoms with Crippen molar-refractivity contribution in [2.24, 2.45) is 5.92 Å². The Kier molecular flexibility index (Phi) is 2.74. The molecule has 1 fully saturated rings. The lowest BCUT2D eigenvalue weighted by atomic mass is 10.0. The summed E-state index contributed by atoms with van der Waals surface area (Å²) in [6.07, 6.45) is 2.40. The molecule has 0 aromatic rings. The number of urea groups is 1. The van der Waals surface area contributed by atoms with Crippen LogP contribution in [-0.2, 0) is 0 Å². The molecule has 0 spiro atoms. The number of amides is 2. The van der Waals surface area contributed by atoms with E-state index in [0.717, 1.165) is 19.5 Å². The molecule has 1 atom stereocenters. The van der Waals surface area contributed by atoms with Crippen molar-refractivity contribution in [1.29, 1.82) is 0 Å². The number of rotatable bonds is 0. The first-order valence-electron chi connectivity index (χ1n) is 4.20. The summed E-state index contributed by atoms with van der Waals surface area (Å²) in [4.78, 5) is 13.0. The van der Waals surface area contributed by atoms with Gasteiger partial charge < -0.3 is 10.2 Å². The summed E-state index contributed by atoms with van der Waals surface area (Å²) in [7, 11) is 1.68. The van der Waals surface area contributed by atoms with Crippen LogP contribution in [0.4, 0.5) is 4.79 Å². The van der Waals surface area contributed by atoms with Gasteiger partial charge in [-0.15, -0.1) is 0 Å². The van der Waals surface area contributed by atoms with Crippen molar-refractivity contribution < 1.29 is 4.79 Å². The van der Waals surface area contributed by atoms with Crippen LogP contribution >= 0.6 is 0 Å². The number of likely N-dealkylation sites (tertiary alicyclic amines) is 1. The van der Waals surface area contributed by atoms with Crippen LogP contribution in [-0.4, -0.2) is 31.1 Å². The van der Waals surface area contributed by atoms with Gasteiger partial charge in [0.2, 0.25) is 0 Å². The summed E-state index contributed by atoms with van der Waals surface area (Å²) < 4.78 is 0. The fourth-order valence-corrected chi connectivity index (χ4v) is 1.53. The minimum Gasteiger partial charge on any atom is -0.341 e. The van der Waals surface area contributed by atoms with Crippen molar-refractivity contribution in [2.75, 3.05) is 20.1 Å². The number of piperidine rings is 1. The van der Waals surface area contributed by atoms with Crippen LogP contribution < -0.4 is 5.32 Å². The quantitative estimate of drug-likeness (QED) is 0.558. The highest BCUT2D eigenvalue weighted by Gasteiger charge is 2.19. The highest BCUT2D eigenvalue weighted by atomic mass is 16.2. The van der Waals surface area contributed by atoms with Crippen molar-refractivity contribution in [1.82, 2.24) is 10.2 Å². The predicted octanol–water partition coefficient (Wildman–Crippen LogP) is 1.06. The lowest BCUT2D eigenvalue weighted by Crippen LogP contribution is -2.43. The van der Waals surface area contributed by atoms with Crippen LogP contribution in [0.2, 0.25) is 0 Å². The van der Waals surface area contributed by atoms with Gasteiger partial charge in [0.05, 0.1) is 0 Å². The molecule has 0 unspecified atom stereocenters. The molecule has 0 aliphatic carbocycles. The van der Waals surface area contributed by atoms with Crippen molar-refractivity contribution in [2.45, 2.75) is 19.8 Å². The summed E-state index contributed by atoms with van der Waals surface area (Å²) >= 11 is 0. The molecular weight excluding hydrogens is 140 g/mol. The zero-order chi connectivity index (χ0) is 8.27. The van der Waals surface area contributed by atoms with Crippen LogP contribution in [0.3, 0.4) is 0 Å². The molecule has 1 saturated heterocycles. The third-order valence-corrected chi connectivity index (χ3v) is 2.16. The zero-order valence-corrected chi connectivity index (χ0v) is 7.26. The molecule has 1 aliphatic rings. The highest BCUT2D eigenvalue weighted by molar-refractivity contribution is 5.73. The van der Waals surface area contributed by atoms with Gasteiger partial charge in [0, 0.05) is 20.1 Å². The average Bonchev–Trinajstić information content (AvgIpc) is 2.03. The van der Waals surface area contributed by atoms with Gasteiger partial charge in [0.1, 0.15) is 0 Å². The van der Waals surface area contributed by atoms with Gasteiger partial charge >= 0.3 is 6.03 Å². The molecule has 0 radical (unpaired) electrons. The molecule has 64 valence electrons. The van der Waals surface area contributed by atoms with Crippen molar-refractivity contribution in [3.63, 3.8) is 0 Å². The molecular formula is C8H16N2O. The zero-order valence-electron chi connectivity index (χ0n) is 7.26. The SMILES string of the molecule is CNC(=O)N1CCC[C@@H](C)C1. The molecule has 1 heterocycles. The van der Waals surface area contributed by atoms with Gasteiger partial charge in [-0.3, -0.25) is 0 Å². The topological polar surface area (TPSA) is 32.3 Å². The molecule has 1 aliphatic heterocycles. The molecule has 0 aromatic heterocycles. The van der Waals surface area contributed by atoms with Gasteiger partial charge in [-0.25, -0.2) is 4.79 Å². The predicted molar refractivity (Wildman–Crippen MR) is 44.4 cm³/mol. The van der Waals surface area contributed by atoms with E-state index in [2.05, 4.69) is 12.2 Å². The minimum atomic E-state index is 0.0663. The van der Waals surface area contributed by atoms with E-state index in [9.17, 15) is 4.79 Å². The Morgan fingerprint density at radius 1 is 1.64 bits per heavy atom. The number of hydrogen-bond acceptors (Lipinski definition) is 1. The molecule has 11 heavy (non-hydrogen) atoms. The van der Waals surface area contributed by atoms with E-state index in [-0.39, 0.29) is 6.03 Å². The molecule has 3 heteroatoms. The van der Waals surface area contributed by atoms with E-state index < -0.39 is 0 Å². The Morgan fingerprint density at radius 3 is 2.91 bits per heavy atom. The second kappa shape index (κ2) is 3.60. The normalized spacial score (nSPS) is 24.9. The van der Waals surface area contributed by atoms with E-state index in [1.807, 2.05) is 4.90 Å². The summed E-state index contributed by atoms with van der Waals surface area (Å²) in [5.74, 6) is 0.668. The first kappa shape index (κ1) is 8.37. The number of carbonyl (C=O) groups excluding carboxylic acids is 1. The monoisotopic (exact) mass is 156 g/mol. The Bertz CT molecular complexity index is 147. The van der Waals surface area contributed by atoms with Crippen LogP contribution in [0.1, 0.15) is 19.8 Å². The van der Waals surface area contributed by atoms with Gasteiger partial charge in [0.15, 0.2) is 0 Å². The molecule has 0 bridgehead atoms. The third-order valence-electron chi connectivity index (χ3n) is 2.16. The van der Waals surface area contributed by atoms with E-state index in [0.29, 0.717) is 5.92 Å². The summed E-state index contributed by atoms with van der Waals surface area (Å²) in [6, 6.07) is 0.0663. The molecule has 0 saturated carbocycles. The fraction of sp³-hybridized carbons (Fsp3) is 0.875. The number of nitrogens with one attached hydrogen (secondary N) is 1. The lowest BCUT2D eigenvalue weighted by molar-refractivity contribution is 0.172. The fourth-order valence-electron chi connectivity index (χ4n) is 1.53. The Balaban J connectivity index is 2.39. The molecule has 1 N–H and O–H groups in total. The molecule has 0 aromatic carbocycles. The van der Waals surface area contributed by atoms with Crippen molar-refractivity contribution in [3.05, 3.63) is 0 Å². The maximum Gasteiger partial charge on any atom is 0.317 e. The van der Waals surface area contributed by atoms with E-state index in [1.54, 1.807) is 7.05 Å². The van der Waals surface area contributed by atoms with E-state index >= 15 is 0 Å². The standard InChI is InChI=1S/C8H16N2O/c1-7-4-3-5-10(6-7)8(11)9-2/h7H,3-6H2,1-2H3,(H,9,11)/t7-/m1/s1. The van der Waals surface area contributed by atoms with Crippen LogP contribution in [0.5, 0.6) is 0 Å². The van der Waals surface area contributed by atoms with Crippen LogP contribution in [0.25, 0.3) is 0 Å². The van der Waals surface area contributed by atoms with Gasteiger partial charge in [-0.1, -0.05) is 6.92 Å². The molecule has 3 nitrogen and oxygen atoms in total. The first-order valence-corrected chi connectivity index (χ1v) is 4.20. The summed E-state index contributed by atoms with van der Waals surface area (Å²) in [5, 5.41) is 2.64. The van der Waals surface area contributed by atoms with Gasteiger partial charge in [-0.05, 0) is 18.8 Å². The lowest BCUT2D eigenvalue weighted by Gasteiger charge is -2.30. The van der Waals surface area contributed by atoms with Crippen molar-refractivity contribution in [3.8, 4) is 0 Å². The smallest absolute Gasteiger partial charge is 0.317 e. The number of carbonyl (C=O) groups is 1. The summed E-state index contributed by atoms with van der Waals surface area (Å²) in [6.45, 7) is 4.03. The number of hydrogen-bond donors (Lipinski definition) is 1. The number of nitrogens with zero attached hydrogens (tertiary/aromatic N) is 1. The summed E-state index contributed by atoms with van der Waals surface area (Å²) in [5.41, 5.74) is 0. The van der Waals surface area contributed by atoms with Crippen LogP contribution in [0.15, 0.2) is 0 Å². The molecule has 2 amide bonds. The second-order valence-electron chi connectivity index (χ2n) is 3.25. The molecule has 1 rings (SSSR count). The minimum absolute atomic E-state index is 0.0663. The maximum absolute atomic E-state index is 11.1. The third kappa shape index (κ3) is 2.10. The average molecular weight is 156 g/mol. The van der Waals surface area contributed by atoms with Gasteiger partial charge in [0.25, 0.3) is 0 Å². The van der Waals surface area contributed by atoms with Crippen molar-refractivity contribution >= 4 is 6.03 Å². The Morgan fingerprint density at radius 2 is 2.36 bits per heavy atom. The Hall–Kier alpha value is -0.730. The van der Waals surface area contributed by atoms with E-state index in [1.165, 1.54) is 6.42 Å². The largest absolute Gasteiger partial charge is 0.341 e. The highest BCUT2D eigenvalue weighted by Crippen LogP contribution is 2.14. The maximum atomic E-state index is 11.1. The Labute approximate surface area is 67.8 Å². The second-order valence-corrected chi connectivity index (χ2v) is 3.25. The first-order chi connectivity index (χ1) is 5.24.